The number of thiazole rings is 1. The molecule has 1 aliphatic heterocycles. The highest BCUT2D eigenvalue weighted by Crippen LogP contribution is 2.30. The number of aryl methyl sites for hydroxylation is 2. The summed E-state index contributed by atoms with van der Waals surface area (Å²) in [6.45, 7) is 8.97. The second-order valence-electron chi connectivity index (χ2n) is 9.55. The number of benzene rings is 3. The van der Waals surface area contributed by atoms with Gasteiger partial charge in [-0.05, 0) is 67.9 Å². The maximum atomic E-state index is 12.6. The molecule has 0 saturated carbocycles. The molecule has 0 spiro atoms. The minimum absolute atomic E-state index is 0. The molecule has 0 unspecified atom stereocenters. The molecular formula is C28H32ClN5O3S2. The molecule has 11 heteroatoms. The van der Waals surface area contributed by atoms with Crippen LogP contribution >= 0.6 is 23.7 Å². The van der Waals surface area contributed by atoms with Crippen LogP contribution in [0.4, 0.5) is 10.8 Å². The van der Waals surface area contributed by atoms with Crippen molar-refractivity contribution in [2.75, 3.05) is 48.9 Å². The van der Waals surface area contributed by atoms with E-state index < -0.39 is 10.0 Å². The van der Waals surface area contributed by atoms with E-state index in [2.05, 4.69) is 45.0 Å². The average molecular weight is 586 g/mol. The minimum Gasteiger partial charge on any atom is -0.351 e. The van der Waals surface area contributed by atoms with Crippen molar-refractivity contribution < 1.29 is 13.2 Å². The van der Waals surface area contributed by atoms with Gasteiger partial charge in [0.05, 0.1) is 15.1 Å². The van der Waals surface area contributed by atoms with Gasteiger partial charge < -0.3 is 10.2 Å². The fourth-order valence-electron chi connectivity index (χ4n) is 4.37. The predicted octanol–water partition coefficient (Wildman–Crippen LogP) is 4.69. The fraction of sp³-hybridized carbons (Fsp3) is 0.286. The highest BCUT2D eigenvalue weighted by atomic mass is 35.5. The summed E-state index contributed by atoms with van der Waals surface area (Å²) in [4.78, 5) is 22.3. The van der Waals surface area contributed by atoms with Gasteiger partial charge in [-0.25, -0.2) is 13.4 Å². The number of amides is 1. The Kier molecular flexibility index (Phi) is 9.12. The number of piperazine rings is 1. The molecular weight excluding hydrogens is 554 g/mol. The Morgan fingerprint density at radius 2 is 1.59 bits per heavy atom. The van der Waals surface area contributed by atoms with E-state index in [0.717, 1.165) is 48.9 Å². The lowest BCUT2D eigenvalue weighted by molar-refractivity contribution is 0.0948. The molecule has 206 valence electrons. The van der Waals surface area contributed by atoms with Gasteiger partial charge in [0.2, 0.25) is 0 Å². The lowest BCUT2D eigenvalue weighted by Gasteiger charge is -2.34. The molecule has 1 aromatic heterocycles. The number of fused-ring (bicyclic) bond motifs is 1. The van der Waals surface area contributed by atoms with E-state index in [1.165, 1.54) is 10.3 Å². The van der Waals surface area contributed by atoms with E-state index in [9.17, 15) is 13.2 Å². The van der Waals surface area contributed by atoms with Gasteiger partial charge in [-0.3, -0.25) is 14.4 Å². The van der Waals surface area contributed by atoms with E-state index in [-0.39, 0.29) is 23.2 Å². The lowest BCUT2D eigenvalue weighted by atomic mass is 10.2. The summed E-state index contributed by atoms with van der Waals surface area (Å²) in [5.74, 6) is -0.179. The maximum Gasteiger partial charge on any atom is 0.261 e. The molecule has 0 bridgehead atoms. The smallest absolute Gasteiger partial charge is 0.261 e. The van der Waals surface area contributed by atoms with Gasteiger partial charge in [-0.15, -0.1) is 12.4 Å². The number of halogens is 1. The van der Waals surface area contributed by atoms with Crippen molar-refractivity contribution in [1.29, 1.82) is 0 Å². The van der Waals surface area contributed by atoms with Crippen molar-refractivity contribution in [2.24, 2.45) is 0 Å². The second kappa shape index (κ2) is 12.3. The van der Waals surface area contributed by atoms with Gasteiger partial charge in [0.1, 0.15) is 0 Å². The number of carbonyl (C=O) groups excluding carboxylic acids is 1. The Morgan fingerprint density at radius 3 is 2.28 bits per heavy atom. The van der Waals surface area contributed by atoms with Crippen LogP contribution in [0.2, 0.25) is 0 Å². The summed E-state index contributed by atoms with van der Waals surface area (Å²) in [6.07, 6.45) is 0. The van der Waals surface area contributed by atoms with E-state index in [4.69, 9.17) is 4.98 Å². The minimum atomic E-state index is -3.68. The monoisotopic (exact) mass is 585 g/mol. The Labute approximate surface area is 239 Å². The summed E-state index contributed by atoms with van der Waals surface area (Å²) in [7, 11) is -3.68. The largest absolute Gasteiger partial charge is 0.351 e. The third-order valence-corrected chi connectivity index (χ3v) is 9.10. The first-order valence-electron chi connectivity index (χ1n) is 12.6. The molecule has 3 aromatic carbocycles. The Hall–Kier alpha value is -3.18. The number of aromatic nitrogens is 1. The van der Waals surface area contributed by atoms with Crippen molar-refractivity contribution in [1.82, 2.24) is 15.2 Å². The maximum absolute atomic E-state index is 12.6. The van der Waals surface area contributed by atoms with Crippen molar-refractivity contribution in [3.05, 3.63) is 83.4 Å². The molecule has 0 atom stereocenters. The lowest BCUT2D eigenvalue weighted by Crippen LogP contribution is -2.48. The van der Waals surface area contributed by atoms with E-state index in [1.807, 2.05) is 6.92 Å². The molecule has 1 saturated heterocycles. The van der Waals surface area contributed by atoms with Crippen LogP contribution in [0.5, 0.6) is 0 Å². The molecule has 2 heterocycles. The van der Waals surface area contributed by atoms with Gasteiger partial charge in [0.25, 0.3) is 15.9 Å². The second-order valence-corrected chi connectivity index (χ2v) is 12.2. The van der Waals surface area contributed by atoms with Crippen LogP contribution in [-0.2, 0) is 10.0 Å². The van der Waals surface area contributed by atoms with Crippen LogP contribution < -0.4 is 14.9 Å². The number of hydrogen-bond donors (Lipinski definition) is 2. The standard InChI is InChI=1S/C28H31N5O3S2.ClH/c1-20-3-10-24(11-4-20)38(35,36)31-23-8-6-22(7-9-23)27(34)29-13-14-32-15-17-33(18-16-32)28-30-25-12-5-21(2)19-26(25)37-28;/h3-12,19,31H,13-18H2,1-2H3,(H,29,34);1H. The molecule has 2 N–H and O–H groups in total. The topological polar surface area (TPSA) is 94.6 Å². The summed E-state index contributed by atoms with van der Waals surface area (Å²) in [6, 6.07) is 19.5. The molecule has 1 fully saturated rings. The zero-order valence-corrected chi connectivity index (χ0v) is 24.3. The Balaban J connectivity index is 0.00000353. The number of nitrogens with one attached hydrogen (secondary N) is 2. The van der Waals surface area contributed by atoms with Crippen LogP contribution in [-0.4, -0.2) is 63.5 Å². The fourth-order valence-corrected chi connectivity index (χ4v) is 6.54. The Morgan fingerprint density at radius 1 is 0.923 bits per heavy atom. The summed E-state index contributed by atoms with van der Waals surface area (Å²) in [5.41, 5.74) is 4.18. The van der Waals surface area contributed by atoms with E-state index >= 15 is 0 Å². The van der Waals surface area contributed by atoms with Gasteiger partial charge in [0, 0.05) is 50.5 Å². The van der Waals surface area contributed by atoms with Crippen LogP contribution in [0, 0.1) is 13.8 Å². The molecule has 8 nitrogen and oxygen atoms in total. The number of rotatable bonds is 8. The summed E-state index contributed by atoms with van der Waals surface area (Å²) >= 11 is 1.74. The van der Waals surface area contributed by atoms with Crippen LogP contribution in [0.3, 0.4) is 0 Å². The SMILES string of the molecule is Cc1ccc(S(=O)(=O)Nc2ccc(C(=O)NCCN3CCN(c4nc5ccc(C)cc5s4)CC3)cc2)cc1.Cl. The van der Waals surface area contributed by atoms with Crippen LogP contribution in [0.1, 0.15) is 21.5 Å². The van der Waals surface area contributed by atoms with Gasteiger partial charge >= 0.3 is 0 Å². The first-order chi connectivity index (χ1) is 18.3. The normalized spacial score (nSPS) is 14.2. The van der Waals surface area contributed by atoms with Crippen LogP contribution in [0.25, 0.3) is 10.2 Å². The van der Waals surface area contributed by atoms with Gasteiger partial charge in [-0.2, -0.15) is 0 Å². The quantitative estimate of drug-likeness (QED) is 0.312. The highest BCUT2D eigenvalue weighted by Gasteiger charge is 2.20. The van der Waals surface area contributed by atoms with Crippen molar-refractivity contribution in [3.63, 3.8) is 0 Å². The number of anilines is 2. The first kappa shape index (κ1) is 28.8. The molecule has 0 aliphatic carbocycles. The van der Waals surface area contributed by atoms with E-state index in [1.54, 1.807) is 59.9 Å². The van der Waals surface area contributed by atoms with Gasteiger partial charge in [0.15, 0.2) is 5.13 Å². The van der Waals surface area contributed by atoms with Gasteiger partial charge in [-0.1, -0.05) is 35.1 Å². The third kappa shape index (κ3) is 7.07. The summed E-state index contributed by atoms with van der Waals surface area (Å²) in [5, 5.41) is 4.04. The number of sulfonamides is 1. The number of nitrogens with zero attached hydrogens (tertiary/aromatic N) is 3. The average Bonchev–Trinajstić information content (AvgIpc) is 3.33. The predicted molar refractivity (Wildman–Crippen MR) is 161 cm³/mol. The zero-order chi connectivity index (χ0) is 26.7. The first-order valence-corrected chi connectivity index (χ1v) is 14.9. The Bertz CT molecular complexity index is 1530. The van der Waals surface area contributed by atoms with E-state index in [0.29, 0.717) is 17.8 Å². The van der Waals surface area contributed by atoms with Crippen LogP contribution in [0.15, 0.2) is 71.6 Å². The third-order valence-electron chi connectivity index (χ3n) is 6.62. The molecule has 0 radical (unpaired) electrons. The summed E-state index contributed by atoms with van der Waals surface area (Å²) < 4.78 is 28.9. The van der Waals surface area contributed by atoms with Crippen molar-refractivity contribution >= 4 is 60.7 Å². The number of hydrogen-bond acceptors (Lipinski definition) is 7. The van der Waals surface area contributed by atoms with Crippen molar-refractivity contribution in [3.8, 4) is 0 Å². The number of carbonyl (C=O) groups is 1. The molecule has 4 aromatic rings. The molecule has 5 rings (SSSR count). The molecule has 39 heavy (non-hydrogen) atoms. The van der Waals surface area contributed by atoms with Crippen molar-refractivity contribution in [2.45, 2.75) is 18.7 Å². The zero-order valence-electron chi connectivity index (χ0n) is 21.9. The molecule has 1 amide bonds. The molecule has 1 aliphatic rings. The highest BCUT2D eigenvalue weighted by molar-refractivity contribution is 7.92.